The van der Waals surface area contributed by atoms with E-state index in [0.717, 1.165) is 6.07 Å². The van der Waals surface area contributed by atoms with Crippen LogP contribution in [0.15, 0.2) is 12.1 Å². The van der Waals surface area contributed by atoms with Crippen LogP contribution in [0.2, 0.25) is 5.02 Å². The first-order valence-corrected chi connectivity index (χ1v) is 6.34. The van der Waals surface area contributed by atoms with Crippen molar-refractivity contribution >= 4 is 28.9 Å². The van der Waals surface area contributed by atoms with E-state index in [9.17, 15) is 19.3 Å². The fraction of sp³-hybridized carbons (Fsp3) is 0.417. The summed E-state index contributed by atoms with van der Waals surface area (Å²) >= 11 is 5.58. The highest BCUT2D eigenvalue weighted by atomic mass is 35.5. The molecular weight excluding hydrogens is 291 g/mol. The lowest BCUT2D eigenvalue weighted by Gasteiger charge is -2.13. The maximum Gasteiger partial charge on any atom is 0.308 e. The smallest absolute Gasteiger partial charge is 0.308 e. The lowest BCUT2D eigenvalue weighted by molar-refractivity contribution is -0.384. The van der Waals surface area contributed by atoms with Crippen LogP contribution in [0.3, 0.4) is 0 Å². The van der Waals surface area contributed by atoms with E-state index in [-0.39, 0.29) is 17.3 Å². The number of rotatable bonds is 7. The van der Waals surface area contributed by atoms with Crippen LogP contribution in [0.25, 0.3) is 0 Å². The number of benzene rings is 1. The van der Waals surface area contributed by atoms with Crippen LogP contribution in [0.5, 0.6) is 0 Å². The van der Waals surface area contributed by atoms with Crippen molar-refractivity contribution < 1.29 is 19.2 Å². The number of nitrogens with zero attached hydrogens (tertiary/aromatic N) is 1. The van der Waals surface area contributed by atoms with E-state index in [0.29, 0.717) is 18.9 Å². The molecule has 0 saturated heterocycles. The minimum Gasteiger partial charge on any atom is -0.481 e. The van der Waals surface area contributed by atoms with Crippen molar-refractivity contribution in [1.82, 2.24) is 0 Å². The fourth-order valence-electron chi connectivity index (χ4n) is 1.72. The zero-order valence-electron chi connectivity index (χ0n) is 10.7. The van der Waals surface area contributed by atoms with Crippen molar-refractivity contribution in [2.24, 2.45) is 5.92 Å². The third-order valence-corrected chi connectivity index (χ3v) is 3.05. The molecule has 0 aromatic heterocycles. The summed E-state index contributed by atoms with van der Waals surface area (Å²) in [6.45, 7) is 1.85. The molecular formula is C12H14ClFN2O4. The summed E-state index contributed by atoms with van der Waals surface area (Å²) in [6.07, 6.45) is 1.11. The second-order valence-corrected chi connectivity index (χ2v) is 4.65. The molecule has 8 heteroatoms. The quantitative estimate of drug-likeness (QED) is 0.595. The Balaban J connectivity index is 2.93. The van der Waals surface area contributed by atoms with E-state index in [1.165, 1.54) is 0 Å². The molecule has 0 aliphatic rings. The highest BCUT2D eigenvalue weighted by Crippen LogP contribution is 2.30. The number of carbonyl (C=O) groups is 1. The molecule has 0 saturated carbocycles. The van der Waals surface area contributed by atoms with Crippen molar-refractivity contribution in [1.29, 1.82) is 0 Å². The van der Waals surface area contributed by atoms with Gasteiger partial charge < -0.3 is 10.4 Å². The van der Waals surface area contributed by atoms with E-state index < -0.39 is 28.3 Å². The number of halogens is 2. The van der Waals surface area contributed by atoms with Crippen LogP contribution in [0.1, 0.15) is 19.8 Å². The van der Waals surface area contributed by atoms with Crippen LogP contribution in [0, 0.1) is 21.8 Å². The summed E-state index contributed by atoms with van der Waals surface area (Å²) < 4.78 is 13.2. The Hall–Kier alpha value is -1.89. The van der Waals surface area contributed by atoms with E-state index >= 15 is 0 Å². The Morgan fingerprint density at radius 1 is 1.60 bits per heavy atom. The molecule has 0 fully saturated rings. The van der Waals surface area contributed by atoms with Gasteiger partial charge in [-0.1, -0.05) is 24.9 Å². The van der Waals surface area contributed by atoms with Gasteiger partial charge >= 0.3 is 5.97 Å². The number of anilines is 1. The predicted octanol–water partition coefficient (Wildman–Crippen LogP) is 3.30. The molecule has 110 valence electrons. The molecule has 0 spiro atoms. The largest absolute Gasteiger partial charge is 0.481 e. The summed E-state index contributed by atoms with van der Waals surface area (Å²) in [4.78, 5) is 21.1. The molecule has 0 bridgehead atoms. The molecule has 1 atom stereocenters. The average molecular weight is 305 g/mol. The molecule has 0 amide bonds. The number of nitrogens with one attached hydrogen (secondary N) is 1. The SMILES string of the molecule is CCCC(CNc1cc(Cl)c(F)cc1[N+](=O)[O-])C(=O)O. The van der Waals surface area contributed by atoms with Gasteiger partial charge in [0.15, 0.2) is 0 Å². The first kappa shape index (κ1) is 16.2. The van der Waals surface area contributed by atoms with Crippen molar-refractivity contribution in [2.75, 3.05) is 11.9 Å². The standard InChI is InChI=1S/C12H14ClFN2O4/c1-2-3-7(12(17)18)6-15-10-4-8(13)9(14)5-11(10)16(19)20/h4-5,7,15H,2-3,6H2,1H3,(H,17,18). The molecule has 0 aliphatic carbocycles. The Bertz CT molecular complexity index is 524. The van der Waals surface area contributed by atoms with Gasteiger partial charge in [0.05, 0.1) is 21.9 Å². The first-order valence-electron chi connectivity index (χ1n) is 5.96. The molecule has 1 unspecified atom stereocenters. The second-order valence-electron chi connectivity index (χ2n) is 4.25. The van der Waals surface area contributed by atoms with Gasteiger partial charge in [0.2, 0.25) is 0 Å². The minimum absolute atomic E-state index is 0.00348. The van der Waals surface area contributed by atoms with E-state index in [1.54, 1.807) is 0 Å². The number of carboxylic acid groups (broad SMARTS) is 1. The van der Waals surface area contributed by atoms with Crippen LogP contribution in [-0.4, -0.2) is 22.5 Å². The molecule has 0 heterocycles. The van der Waals surface area contributed by atoms with E-state index in [4.69, 9.17) is 16.7 Å². The number of carboxylic acids is 1. The van der Waals surface area contributed by atoms with Crippen LogP contribution in [0.4, 0.5) is 15.8 Å². The van der Waals surface area contributed by atoms with E-state index in [1.807, 2.05) is 6.92 Å². The Morgan fingerprint density at radius 2 is 2.25 bits per heavy atom. The molecule has 1 aromatic carbocycles. The van der Waals surface area contributed by atoms with Crippen LogP contribution in [-0.2, 0) is 4.79 Å². The summed E-state index contributed by atoms with van der Waals surface area (Å²) in [5.41, 5.74) is -0.476. The molecule has 0 radical (unpaired) electrons. The van der Waals surface area contributed by atoms with Crippen molar-refractivity contribution in [3.05, 3.63) is 33.1 Å². The third kappa shape index (κ3) is 4.06. The highest BCUT2D eigenvalue weighted by molar-refractivity contribution is 6.31. The number of hydrogen-bond donors (Lipinski definition) is 2. The maximum absolute atomic E-state index is 13.2. The molecule has 2 N–H and O–H groups in total. The Kier molecular flexibility index (Phi) is 5.69. The van der Waals surface area contributed by atoms with Crippen molar-refractivity contribution in [3.63, 3.8) is 0 Å². The molecule has 20 heavy (non-hydrogen) atoms. The lowest BCUT2D eigenvalue weighted by atomic mass is 10.0. The topological polar surface area (TPSA) is 92.5 Å². The summed E-state index contributed by atoms with van der Waals surface area (Å²) in [6, 6.07) is 1.79. The van der Waals surface area contributed by atoms with Gasteiger partial charge in [-0.05, 0) is 12.5 Å². The average Bonchev–Trinajstić information content (AvgIpc) is 2.37. The van der Waals surface area contributed by atoms with Gasteiger partial charge in [-0.25, -0.2) is 4.39 Å². The molecule has 6 nitrogen and oxygen atoms in total. The second kappa shape index (κ2) is 7.04. The first-order chi connectivity index (χ1) is 9.36. The van der Waals surface area contributed by atoms with Crippen molar-refractivity contribution in [3.8, 4) is 0 Å². The van der Waals surface area contributed by atoms with Gasteiger partial charge in [0.1, 0.15) is 11.5 Å². The van der Waals surface area contributed by atoms with Gasteiger partial charge in [0.25, 0.3) is 5.69 Å². The minimum atomic E-state index is -0.991. The van der Waals surface area contributed by atoms with Gasteiger partial charge in [-0.15, -0.1) is 0 Å². The van der Waals surface area contributed by atoms with Crippen molar-refractivity contribution in [2.45, 2.75) is 19.8 Å². The van der Waals surface area contributed by atoms with Crippen LogP contribution < -0.4 is 5.32 Å². The van der Waals surface area contributed by atoms with Gasteiger partial charge in [-0.2, -0.15) is 0 Å². The molecule has 0 aliphatic heterocycles. The summed E-state index contributed by atoms with van der Waals surface area (Å²) in [5.74, 6) is -2.56. The number of aliphatic carboxylic acids is 1. The molecule has 1 rings (SSSR count). The van der Waals surface area contributed by atoms with Crippen LogP contribution >= 0.6 is 11.6 Å². The highest BCUT2D eigenvalue weighted by Gasteiger charge is 2.21. The number of hydrogen-bond acceptors (Lipinski definition) is 4. The predicted molar refractivity (Wildman–Crippen MR) is 72.6 cm³/mol. The zero-order valence-corrected chi connectivity index (χ0v) is 11.5. The Labute approximate surface area is 119 Å². The molecule has 1 aromatic rings. The Morgan fingerprint density at radius 3 is 2.75 bits per heavy atom. The monoisotopic (exact) mass is 304 g/mol. The summed E-state index contributed by atoms with van der Waals surface area (Å²) in [7, 11) is 0. The summed E-state index contributed by atoms with van der Waals surface area (Å²) in [5, 5.41) is 22.2. The van der Waals surface area contributed by atoms with Gasteiger partial charge in [-0.3, -0.25) is 14.9 Å². The normalized spacial score (nSPS) is 11.9. The fourth-order valence-corrected chi connectivity index (χ4v) is 1.89. The maximum atomic E-state index is 13.2. The third-order valence-electron chi connectivity index (χ3n) is 2.76. The van der Waals surface area contributed by atoms with Gasteiger partial charge in [0, 0.05) is 6.54 Å². The number of nitro benzene ring substituents is 1. The van der Waals surface area contributed by atoms with E-state index in [2.05, 4.69) is 5.32 Å². The number of nitro groups is 1. The zero-order chi connectivity index (χ0) is 15.3. The lowest BCUT2D eigenvalue weighted by Crippen LogP contribution is -2.23.